The zero-order chi connectivity index (χ0) is 31.0. The van der Waals surface area contributed by atoms with Crippen LogP contribution in [0.25, 0.3) is 11.3 Å². The number of aromatic nitrogens is 3. The first-order valence-corrected chi connectivity index (χ1v) is 16.9. The van der Waals surface area contributed by atoms with Gasteiger partial charge in [-0.05, 0) is 65.8 Å². The minimum Gasteiger partial charge on any atom is -0.393 e. The molecule has 2 saturated heterocycles. The van der Waals surface area contributed by atoms with Gasteiger partial charge in [0.2, 0.25) is 0 Å². The number of rotatable bonds is 8. The minimum absolute atomic E-state index is 0.217. The molecule has 0 amide bonds. The first-order chi connectivity index (χ1) is 20.4. The van der Waals surface area contributed by atoms with Crippen molar-refractivity contribution in [3.8, 4) is 11.3 Å². The Morgan fingerprint density at radius 1 is 0.977 bits per heavy atom. The standard InChI is InChI=1S/C31H45Cl2N9S/c1-18(2)8-9-42-21(5)14-40(15-22(42)6)27-11-24(32)23(10-25(27)37-30-28(34)29(33)35-17-36-30)26-16-43-31(38-26)41-12-19(3)39(7)20(4)13-41/h10-11,16-22H,8-9,12-15,34H2,1-7H3,(H,35,36,37)/t19-,20+,21-,22+. The molecule has 12 heteroatoms. The van der Waals surface area contributed by atoms with Gasteiger partial charge in [-0.1, -0.05) is 37.0 Å². The molecule has 2 aromatic heterocycles. The number of hydrogen-bond acceptors (Lipinski definition) is 10. The SMILES string of the molecule is CC(C)CCN1[C@H](C)CN(c2cc(Cl)c(-c3csc(N4C[C@@H](C)N(C)[C@@H](C)C4)n3)cc2Nc2ncnc(Cl)c2N)C[C@@H]1C. The van der Waals surface area contributed by atoms with Crippen LogP contribution in [0.2, 0.25) is 10.2 Å². The molecular weight excluding hydrogens is 601 g/mol. The smallest absolute Gasteiger partial charge is 0.185 e. The molecule has 0 unspecified atom stereocenters. The molecule has 0 radical (unpaired) electrons. The molecule has 0 bridgehead atoms. The molecule has 4 atom stereocenters. The lowest BCUT2D eigenvalue weighted by molar-refractivity contribution is 0.125. The molecule has 5 rings (SSSR count). The summed E-state index contributed by atoms with van der Waals surface area (Å²) in [5.74, 6) is 1.14. The normalized spacial score (nSPS) is 23.8. The minimum atomic E-state index is 0.217. The second kappa shape index (κ2) is 13.3. The van der Waals surface area contributed by atoms with E-state index in [1.165, 1.54) is 12.7 Å². The summed E-state index contributed by atoms with van der Waals surface area (Å²) in [5.41, 5.74) is 10.2. The summed E-state index contributed by atoms with van der Waals surface area (Å²) in [6, 6.07) is 5.82. The molecule has 43 heavy (non-hydrogen) atoms. The van der Waals surface area contributed by atoms with Crippen molar-refractivity contribution in [3.05, 3.63) is 34.0 Å². The second-order valence-electron chi connectivity index (χ2n) is 12.7. The fourth-order valence-corrected chi connectivity index (χ4v) is 7.45. The predicted molar refractivity (Wildman–Crippen MR) is 183 cm³/mol. The van der Waals surface area contributed by atoms with Gasteiger partial charge >= 0.3 is 0 Å². The van der Waals surface area contributed by atoms with E-state index in [0.717, 1.165) is 60.5 Å². The van der Waals surface area contributed by atoms with Crippen LogP contribution in [-0.2, 0) is 0 Å². The third kappa shape index (κ3) is 6.99. The van der Waals surface area contributed by atoms with E-state index < -0.39 is 0 Å². The van der Waals surface area contributed by atoms with Crippen LogP contribution in [0.15, 0.2) is 23.8 Å². The summed E-state index contributed by atoms with van der Waals surface area (Å²) < 4.78 is 0. The predicted octanol–water partition coefficient (Wildman–Crippen LogP) is 6.71. The number of anilines is 5. The number of piperazine rings is 2. The van der Waals surface area contributed by atoms with E-state index in [1.54, 1.807) is 11.3 Å². The van der Waals surface area contributed by atoms with Crippen molar-refractivity contribution in [2.24, 2.45) is 5.92 Å². The van der Waals surface area contributed by atoms with E-state index in [1.807, 2.05) is 0 Å². The maximum atomic E-state index is 7.07. The van der Waals surface area contributed by atoms with Crippen LogP contribution in [0.5, 0.6) is 0 Å². The zero-order valence-corrected chi connectivity index (χ0v) is 28.6. The maximum absolute atomic E-state index is 7.07. The first kappa shape index (κ1) is 32.0. The highest BCUT2D eigenvalue weighted by Crippen LogP contribution is 2.42. The molecule has 0 aliphatic carbocycles. The number of thiazole rings is 1. The highest BCUT2D eigenvalue weighted by atomic mass is 35.5. The average molecular weight is 647 g/mol. The fraction of sp³-hybridized carbons (Fsp3) is 0.581. The van der Waals surface area contributed by atoms with Crippen LogP contribution in [0.4, 0.5) is 28.0 Å². The Labute approximate surface area is 270 Å². The van der Waals surface area contributed by atoms with Gasteiger partial charge in [0.15, 0.2) is 16.1 Å². The van der Waals surface area contributed by atoms with E-state index in [4.69, 9.17) is 33.9 Å². The number of nitrogen functional groups attached to an aromatic ring is 1. The van der Waals surface area contributed by atoms with Crippen molar-refractivity contribution in [2.45, 2.75) is 72.1 Å². The molecule has 0 spiro atoms. The number of likely N-dealkylation sites (N-methyl/N-ethyl adjacent to an activating group) is 1. The van der Waals surface area contributed by atoms with Gasteiger partial charge in [0.25, 0.3) is 0 Å². The first-order valence-electron chi connectivity index (χ1n) is 15.2. The van der Waals surface area contributed by atoms with Crippen LogP contribution in [0, 0.1) is 5.92 Å². The number of nitrogens with two attached hydrogens (primary N) is 1. The van der Waals surface area contributed by atoms with Crippen LogP contribution >= 0.6 is 34.5 Å². The number of benzene rings is 1. The van der Waals surface area contributed by atoms with Crippen LogP contribution < -0.4 is 20.9 Å². The van der Waals surface area contributed by atoms with E-state index in [9.17, 15) is 0 Å². The third-order valence-electron chi connectivity index (χ3n) is 8.98. The Bertz CT molecular complexity index is 1390. The van der Waals surface area contributed by atoms with Crippen LogP contribution in [0.3, 0.4) is 0 Å². The highest BCUT2D eigenvalue weighted by molar-refractivity contribution is 7.14. The lowest BCUT2D eigenvalue weighted by atomic mass is 10.0. The topological polar surface area (TPSA) is 89.7 Å². The molecule has 234 valence electrons. The summed E-state index contributed by atoms with van der Waals surface area (Å²) in [4.78, 5) is 23.3. The molecule has 1 aromatic carbocycles. The van der Waals surface area contributed by atoms with Crippen molar-refractivity contribution in [3.63, 3.8) is 0 Å². The van der Waals surface area contributed by atoms with Gasteiger partial charge in [-0.2, -0.15) is 0 Å². The van der Waals surface area contributed by atoms with Gasteiger partial charge in [0.05, 0.1) is 22.1 Å². The Morgan fingerprint density at radius 2 is 1.63 bits per heavy atom. The number of nitrogens with one attached hydrogen (secondary N) is 1. The Morgan fingerprint density at radius 3 is 2.28 bits per heavy atom. The molecule has 2 fully saturated rings. The maximum Gasteiger partial charge on any atom is 0.185 e. The summed E-state index contributed by atoms with van der Waals surface area (Å²) in [6.45, 7) is 18.5. The Kier molecular flexibility index (Phi) is 9.92. The highest BCUT2D eigenvalue weighted by Gasteiger charge is 2.32. The van der Waals surface area contributed by atoms with Gasteiger partial charge in [-0.3, -0.25) is 9.80 Å². The number of halogens is 2. The number of hydrogen-bond donors (Lipinski definition) is 2. The molecular formula is C31H45Cl2N9S. The van der Waals surface area contributed by atoms with Crippen LogP contribution in [-0.4, -0.2) is 88.7 Å². The fourth-order valence-electron chi connectivity index (χ4n) is 6.22. The summed E-state index contributed by atoms with van der Waals surface area (Å²) in [7, 11) is 2.19. The van der Waals surface area contributed by atoms with Gasteiger partial charge in [-0.15, -0.1) is 11.3 Å². The van der Waals surface area contributed by atoms with Crippen molar-refractivity contribution in [1.29, 1.82) is 0 Å². The molecule has 3 N–H and O–H groups in total. The third-order valence-corrected chi connectivity index (χ3v) is 10.5. The summed E-state index contributed by atoms with van der Waals surface area (Å²) in [6.07, 6.45) is 2.61. The summed E-state index contributed by atoms with van der Waals surface area (Å²) >= 11 is 15.0. The van der Waals surface area contributed by atoms with Crippen LogP contribution in [0.1, 0.15) is 48.0 Å². The molecule has 4 heterocycles. The van der Waals surface area contributed by atoms with Gasteiger partial charge in [-0.25, -0.2) is 15.0 Å². The van der Waals surface area contributed by atoms with Crippen molar-refractivity contribution >= 4 is 62.6 Å². The lowest BCUT2D eigenvalue weighted by Gasteiger charge is -2.46. The number of nitrogens with zero attached hydrogens (tertiary/aromatic N) is 7. The summed E-state index contributed by atoms with van der Waals surface area (Å²) in [5, 5.41) is 7.46. The quantitative estimate of drug-likeness (QED) is 0.260. The van der Waals surface area contributed by atoms with Crippen molar-refractivity contribution in [2.75, 3.05) is 60.6 Å². The largest absolute Gasteiger partial charge is 0.393 e. The average Bonchev–Trinajstić information content (AvgIpc) is 3.44. The lowest BCUT2D eigenvalue weighted by Crippen LogP contribution is -2.57. The van der Waals surface area contributed by atoms with E-state index in [0.29, 0.717) is 46.6 Å². The Balaban J connectivity index is 1.48. The molecule has 0 saturated carbocycles. The molecule has 2 aliphatic heterocycles. The molecule has 3 aromatic rings. The van der Waals surface area contributed by atoms with Gasteiger partial charge in [0.1, 0.15) is 12.0 Å². The van der Waals surface area contributed by atoms with Crippen molar-refractivity contribution in [1.82, 2.24) is 24.8 Å². The Hall–Kier alpha value is -2.37. The second-order valence-corrected chi connectivity index (χ2v) is 14.3. The molecule has 2 aliphatic rings. The zero-order valence-electron chi connectivity index (χ0n) is 26.3. The van der Waals surface area contributed by atoms with E-state index in [2.05, 4.69) is 101 Å². The van der Waals surface area contributed by atoms with E-state index >= 15 is 0 Å². The molecule has 9 nitrogen and oxygen atoms in total. The van der Waals surface area contributed by atoms with Gasteiger partial charge in [0, 0.05) is 61.3 Å². The van der Waals surface area contributed by atoms with E-state index in [-0.39, 0.29) is 5.15 Å². The van der Waals surface area contributed by atoms with Gasteiger partial charge < -0.3 is 20.9 Å². The monoisotopic (exact) mass is 645 g/mol. The van der Waals surface area contributed by atoms with Crippen molar-refractivity contribution < 1.29 is 0 Å².